The van der Waals surface area contributed by atoms with Crippen LogP contribution in [0.5, 0.6) is 0 Å². The fourth-order valence-electron chi connectivity index (χ4n) is 1.34. The second kappa shape index (κ2) is 8.41. The Hall–Kier alpha value is 0.110. The van der Waals surface area contributed by atoms with Gasteiger partial charge < -0.3 is 14.8 Å². The first-order valence-electron chi connectivity index (χ1n) is 5.73. The van der Waals surface area contributed by atoms with E-state index in [2.05, 4.69) is 43.8 Å². The fourth-order valence-corrected chi connectivity index (χ4v) is 2.51. The smallest absolute Gasteiger partial charge is 0.216 e. The Morgan fingerprint density at radius 2 is 2.00 bits per heavy atom. The van der Waals surface area contributed by atoms with E-state index < -0.39 is 6.29 Å². The summed E-state index contributed by atoms with van der Waals surface area (Å²) in [4.78, 5) is 0. The van der Waals surface area contributed by atoms with E-state index in [1.807, 2.05) is 26.0 Å². The lowest BCUT2D eigenvalue weighted by Gasteiger charge is -2.19. The third-order valence-electron chi connectivity index (χ3n) is 2.18. The molecule has 0 aromatic heterocycles. The summed E-state index contributed by atoms with van der Waals surface area (Å²) in [7, 11) is 0. The molecule has 0 saturated carbocycles. The number of nitrogens with one attached hydrogen (secondary N) is 2. The van der Waals surface area contributed by atoms with Crippen molar-refractivity contribution in [2.45, 2.75) is 20.1 Å². The zero-order valence-electron chi connectivity index (χ0n) is 10.6. The Bertz CT molecular complexity index is 454. The van der Waals surface area contributed by atoms with Gasteiger partial charge in [0.1, 0.15) is 0 Å². The Labute approximate surface area is 140 Å². The van der Waals surface area contributed by atoms with Crippen LogP contribution in [0.2, 0.25) is 5.02 Å². The molecule has 0 aliphatic heterocycles. The maximum atomic E-state index is 7.97. The molecule has 0 atom stereocenters. The summed E-state index contributed by atoms with van der Waals surface area (Å²) in [6.07, 6.45) is -0.705. The Kier molecular flexibility index (Phi) is 7.60. The number of benzene rings is 1. The molecule has 0 amide bonds. The molecular weight excluding hydrogens is 446 g/mol. The molecule has 0 radical (unpaired) electrons. The molecule has 0 spiro atoms. The first kappa shape index (κ1) is 17.2. The number of hydrogen-bond donors (Lipinski definition) is 2. The molecule has 0 aliphatic carbocycles. The molecule has 2 N–H and O–H groups in total. The van der Waals surface area contributed by atoms with Gasteiger partial charge in [0, 0.05) is 16.8 Å². The highest BCUT2D eigenvalue weighted by molar-refractivity contribution is 14.1. The topological polar surface area (TPSA) is 54.3 Å². The Morgan fingerprint density at radius 3 is 2.53 bits per heavy atom. The van der Waals surface area contributed by atoms with Crippen molar-refractivity contribution in [1.82, 2.24) is 0 Å². The van der Waals surface area contributed by atoms with E-state index >= 15 is 0 Å². The van der Waals surface area contributed by atoms with Crippen LogP contribution in [0, 0.1) is 8.98 Å². The zero-order valence-corrected chi connectivity index (χ0v) is 15.1. The highest BCUT2D eigenvalue weighted by Gasteiger charge is 2.17. The average Bonchev–Trinajstić information content (AvgIpc) is 2.39. The van der Waals surface area contributed by atoms with Crippen LogP contribution in [0.1, 0.15) is 13.8 Å². The van der Waals surface area contributed by atoms with Crippen LogP contribution in [0.3, 0.4) is 0 Å². The highest BCUT2D eigenvalue weighted by Crippen LogP contribution is 2.34. The third-order valence-corrected chi connectivity index (χ3v) is 5.26. The number of ether oxygens (including phenoxy) is 2. The van der Waals surface area contributed by atoms with E-state index in [-0.39, 0.29) is 5.84 Å². The molecule has 0 aliphatic rings. The Balaban J connectivity index is 2.83. The van der Waals surface area contributed by atoms with E-state index in [9.17, 15) is 0 Å². The molecule has 1 aromatic carbocycles. The van der Waals surface area contributed by atoms with Crippen molar-refractivity contribution in [3.8, 4) is 0 Å². The molecule has 19 heavy (non-hydrogen) atoms. The van der Waals surface area contributed by atoms with E-state index in [1.165, 1.54) is 0 Å². The first-order chi connectivity index (χ1) is 9.01. The number of anilines is 1. The molecule has 4 nitrogen and oxygen atoms in total. The number of amidine groups is 1. The number of hydrogen-bond acceptors (Lipinski definition) is 3. The van der Waals surface area contributed by atoms with Crippen LogP contribution in [0.15, 0.2) is 16.6 Å². The summed E-state index contributed by atoms with van der Waals surface area (Å²) >= 11 is 11.8. The van der Waals surface area contributed by atoms with Crippen molar-refractivity contribution < 1.29 is 9.47 Å². The van der Waals surface area contributed by atoms with Crippen LogP contribution < -0.4 is 5.32 Å². The van der Waals surface area contributed by atoms with Crippen LogP contribution >= 0.6 is 50.1 Å². The van der Waals surface area contributed by atoms with Crippen molar-refractivity contribution in [3.63, 3.8) is 0 Å². The van der Waals surface area contributed by atoms with Crippen molar-refractivity contribution in [2.75, 3.05) is 18.5 Å². The molecule has 0 heterocycles. The summed E-state index contributed by atoms with van der Waals surface area (Å²) in [6, 6.07) is 3.72. The van der Waals surface area contributed by atoms with E-state index in [0.29, 0.717) is 23.9 Å². The largest absolute Gasteiger partial charge is 0.346 e. The van der Waals surface area contributed by atoms with Gasteiger partial charge in [-0.15, -0.1) is 0 Å². The van der Waals surface area contributed by atoms with Gasteiger partial charge in [-0.3, -0.25) is 5.41 Å². The van der Waals surface area contributed by atoms with Gasteiger partial charge in [-0.2, -0.15) is 0 Å². The summed E-state index contributed by atoms with van der Waals surface area (Å²) in [5.74, 6) is 0.124. The van der Waals surface area contributed by atoms with Gasteiger partial charge in [0.25, 0.3) is 0 Å². The van der Waals surface area contributed by atoms with E-state index in [0.717, 1.165) is 8.04 Å². The average molecular weight is 462 g/mol. The highest BCUT2D eigenvalue weighted by atomic mass is 127. The first-order valence-corrected chi connectivity index (χ1v) is 7.98. The number of rotatable bonds is 6. The van der Waals surface area contributed by atoms with Gasteiger partial charge in [0.15, 0.2) is 5.84 Å². The normalized spacial score (nSPS) is 10.8. The van der Waals surface area contributed by atoms with Crippen LogP contribution in [0.4, 0.5) is 5.69 Å². The monoisotopic (exact) mass is 460 g/mol. The van der Waals surface area contributed by atoms with Gasteiger partial charge >= 0.3 is 0 Å². The minimum atomic E-state index is -0.705. The molecule has 0 unspecified atom stereocenters. The maximum Gasteiger partial charge on any atom is 0.216 e. The van der Waals surface area contributed by atoms with Crippen LogP contribution in [0.25, 0.3) is 0 Å². The van der Waals surface area contributed by atoms with Gasteiger partial charge in [0.2, 0.25) is 6.29 Å². The maximum absolute atomic E-state index is 7.97. The molecule has 0 fully saturated rings. The van der Waals surface area contributed by atoms with Gasteiger partial charge in [0.05, 0.1) is 15.2 Å². The summed E-state index contributed by atoms with van der Waals surface area (Å²) in [5.41, 5.74) is 0.642. The van der Waals surface area contributed by atoms with Crippen LogP contribution in [-0.2, 0) is 9.47 Å². The minimum Gasteiger partial charge on any atom is -0.346 e. The molecule has 0 bridgehead atoms. The van der Waals surface area contributed by atoms with Crippen molar-refractivity contribution in [3.05, 3.63) is 25.2 Å². The molecule has 0 saturated heterocycles. The van der Waals surface area contributed by atoms with Crippen molar-refractivity contribution in [1.29, 1.82) is 5.41 Å². The van der Waals surface area contributed by atoms with Crippen molar-refractivity contribution >= 4 is 61.6 Å². The van der Waals surface area contributed by atoms with Gasteiger partial charge in [-0.05, 0) is 64.5 Å². The van der Waals surface area contributed by atoms with Gasteiger partial charge in [-0.1, -0.05) is 11.6 Å². The lowest BCUT2D eigenvalue weighted by Crippen LogP contribution is -2.32. The van der Waals surface area contributed by atoms with Crippen molar-refractivity contribution in [2.24, 2.45) is 0 Å². The SMILES string of the molecule is CCOC(OCC)C(=N)Nc1ccc(I)c(Br)c1Cl. The second-order valence-corrected chi connectivity index (χ2v) is 5.84. The Morgan fingerprint density at radius 1 is 1.42 bits per heavy atom. The summed E-state index contributed by atoms with van der Waals surface area (Å²) < 4.78 is 12.5. The minimum absolute atomic E-state index is 0.124. The predicted molar refractivity (Wildman–Crippen MR) is 90.3 cm³/mol. The second-order valence-electron chi connectivity index (χ2n) is 3.50. The molecule has 7 heteroatoms. The third kappa shape index (κ3) is 4.86. The zero-order chi connectivity index (χ0) is 14.4. The predicted octanol–water partition coefficient (Wildman–Crippen LogP) is 4.50. The molecule has 106 valence electrons. The number of halogens is 3. The van der Waals surface area contributed by atoms with Gasteiger partial charge in [-0.25, -0.2) is 0 Å². The van der Waals surface area contributed by atoms with Crippen LogP contribution in [-0.4, -0.2) is 25.3 Å². The quantitative estimate of drug-likeness (QED) is 0.216. The summed E-state index contributed by atoms with van der Waals surface area (Å²) in [5, 5.41) is 11.4. The molecule has 1 aromatic rings. The summed E-state index contributed by atoms with van der Waals surface area (Å²) in [6.45, 7) is 4.65. The lowest BCUT2D eigenvalue weighted by molar-refractivity contribution is -0.0903. The molecular formula is C12H15BrClIN2O2. The lowest BCUT2D eigenvalue weighted by atomic mass is 10.3. The standard InChI is InChI=1S/C12H15BrClIN2O2/c1-3-18-12(19-4-2)11(16)17-8-6-5-7(15)9(13)10(8)14/h5-6,12H,3-4H2,1-2H3,(H2,16,17). The fraction of sp³-hybridized carbons (Fsp3) is 0.417. The molecule has 1 rings (SSSR count). The van der Waals surface area contributed by atoms with E-state index in [4.69, 9.17) is 26.5 Å². The van der Waals surface area contributed by atoms with E-state index in [1.54, 1.807) is 0 Å².